The number of rotatable bonds is 11. The third-order valence-electron chi connectivity index (χ3n) is 4.36. The number of likely N-dealkylation sites (tertiary alicyclic amines) is 1. The normalized spacial score (nSPS) is 20.8. The molecular weight excluding hydrogens is 232 g/mol. The molecule has 1 aliphatic rings. The van der Waals surface area contributed by atoms with Crippen molar-refractivity contribution in [1.29, 1.82) is 0 Å². The van der Waals surface area contributed by atoms with E-state index in [2.05, 4.69) is 24.1 Å². The van der Waals surface area contributed by atoms with Gasteiger partial charge in [-0.2, -0.15) is 0 Å². The number of nitrogens with one attached hydrogen (secondary N) is 1. The van der Waals surface area contributed by atoms with Crippen LogP contribution < -0.4 is 5.32 Å². The second kappa shape index (κ2) is 11.7. The van der Waals surface area contributed by atoms with Crippen molar-refractivity contribution in [2.75, 3.05) is 32.7 Å². The van der Waals surface area contributed by atoms with Gasteiger partial charge in [0, 0.05) is 6.54 Å². The summed E-state index contributed by atoms with van der Waals surface area (Å²) in [4.78, 5) is 2.71. The number of unbranched alkanes of at least 4 members (excludes halogenated alkanes) is 6. The third-order valence-corrected chi connectivity index (χ3v) is 4.36. The lowest BCUT2D eigenvalue weighted by Crippen LogP contribution is -2.40. The minimum atomic E-state index is 0.901. The molecule has 0 spiro atoms. The molecule has 1 aliphatic heterocycles. The first kappa shape index (κ1) is 17.0. The Kier molecular flexibility index (Phi) is 10.5. The van der Waals surface area contributed by atoms with Crippen LogP contribution >= 0.6 is 0 Å². The molecule has 0 aliphatic carbocycles. The van der Waals surface area contributed by atoms with Gasteiger partial charge in [-0.15, -0.1) is 0 Å². The van der Waals surface area contributed by atoms with E-state index in [4.69, 9.17) is 0 Å². The van der Waals surface area contributed by atoms with Crippen LogP contribution in [0.4, 0.5) is 0 Å². The van der Waals surface area contributed by atoms with Gasteiger partial charge in [-0.25, -0.2) is 0 Å². The molecule has 1 atom stereocenters. The highest BCUT2D eigenvalue weighted by Gasteiger charge is 2.18. The van der Waals surface area contributed by atoms with E-state index in [0.29, 0.717) is 0 Å². The molecule has 0 saturated carbocycles. The van der Waals surface area contributed by atoms with E-state index in [0.717, 1.165) is 12.5 Å². The van der Waals surface area contributed by atoms with Gasteiger partial charge in [0.25, 0.3) is 0 Å². The fourth-order valence-corrected chi connectivity index (χ4v) is 3.16. The molecule has 1 heterocycles. The van der Waals surface area contributed by atoms with Crippen LogP contribution in [0, 0.1) is 5.92 Å². The summed E-state index contributed by atoms with van der Waals surface area (Å²) in [6.45, 7) is 10.9. The van der Waals surface area contributed by atoms with Gasteiger partial charge in [0.05, 0.1) is 0 Å². The number of nitrogens with zero attached hydrogens (tertiary/aromatic N) is 1. The van der Waals surface area contributed by atoms with Gasteiger partial charge in [0.1, 0.15) is 0 Å². The molecule has 1 fully saturated rings. The summed E-state index contributed by atoms with van der Waals surface area (Å²) >= 11 is 0. The lowest BCUT2D eigenvalue weighted by atomic mass is 9.97. The van der Waals surface area contributed by atoms with Crippen LogP contribution in [0.5, 0.6) is 0 Å². The molecule has 0 amide bonds. The molecule has 114 valence electrons. The first-order valence-corrected chi connectivity index (χ1v) is 8.79. The van der Waals surface area contributed by atoms with Crippen molar-refractivity contribution in [3.05, 3.63) is 0 Å². The van der Waals surface area contributed by atoms with Crippen molar-refractivity contribution in [2.24, 2.45) is 5.92 Å². The zero-order chi connectivity index (χ0) is 13.8. The van der Waals surface area contributed by atoms with Crippen LogP contribution in [-0.2, 0) is 0 Å². The predicted octanol–water partition coefficient (Wildman–Crippen LogP) is 4.06. The minimum Gasteiger partial charge on any atom is -0.317 e. The number of hydrogen-bond donors (Lipinski definition) is 1. The van der Waals surface area contributed by atoms with E-state index in [1.165, 1.54) is 84.0 Å². The molecule has 2 nitrogen and oxygen atoms in total. The second-order valence-electron chi connectivity index (χ2n) is 6.24. The SMILES string of the molecule is CCCCCCCCCN1CCCC(CNCC)C1. The smallest absolute Gasteiger partial charge is 0.00218 e. The Morgan fingerprint density at radius 1 is 1.00 bits per heavy atom. The molecule has 0 aromatic carbocycles. The van der Waals surface area contributed by atoms with Gasteiger partial charge in [0.2, 0.25) is 0 Å². The summed E-state index contributed by atoms with van der Waals surface area (Å²) in [5.41, 5.74) is 0. The molecule has 0 aromatic heterocycles. The zero-order valence-electron chi connectivity index (χ0n) is 13.4. The lowest BCUT2D eigenvalue weighted by Gasteiger charge is -2.32. The quantitative estimate of drug-likeness (QED) is 0.569. The summed E-state index contributed by atoms with van der Waals surface area (Å²) in [5, 5.41) is 3.51. The summed E-state index contributed by atoms with van der Waals surface area (Å²) < 4.78 is 0. The Labute approximate surface area is 121 Å². The first-order valence-electron chi connectivity index (χ1n) is 8.79. The number of piperidine rings is 1. The average Bonchev–Trinajstić information content (AvgIpc) is 2.44. The Morgan fingerprint density at radius 3 is 2.47 bits per heavy atom. The topological polar surface area (TPSA) is 15.3 Å². The van der Waals surface area contributed by atoms with Crippen LogP contribution in [0.1, 0.15) is 71.6 Å². The highest BCUT2D eigenvalue weighted by molar-refractivity contribution is 4.74. The standard InChI is InChI=1S/C17H36N2/c1-3-5-6-7-8-9-10-13-19-14-11-12-17(16-19)15-18-4-2/h17-18H,3-16H2,1-2H3. The highest BCUT2D eigenvalue weighted by Crippen LogP contribution is 2.16. The molecule has 1 unspecified atom stereocenters. The largest absolute Gasteiger partial charge is 0.317 e. The molecule has 0 radical (unpaired) electrons. The highest BCUT2D eigenvalue weighted by atomic mass is 15.1. The summed E-state index contributed by atoms with van der Waals surface area (Å²) in [5.74, 6) is 0.901. The summed E-state index contributed by atoms with van der Waals surface area (Å²) in [6, 6.07) is 0. The van der Waals surface area contributed by atoms with Crippen molar-refractivity contribution in [1.82, 2.24) is 10.2 Å². The molecule has 19 heavy (non-hydrogen) atoms. The van der Waals surface area contributed by atoms with Crippen LogP contribution in [0.15, 0.2) is 0 Å². The maximum Gasteiger partial charge on any atom is 0.00218 e. The van der Waals surface area contributed by atoms with Gasteiger partial charge >= 0.3 is 0 Å². The Balaban J connectivity index is 1.96. The average molecular weight is 268 g/mol. The molecule has 0 bridgehead atoms. The Hall–Kier alpha value is -0.0800. The minimum absolute atomic E-state index is 0.901. The number of hydrogen-bond acceptors (Lipinski definition) is 2. The third kappa shape index (κ3) is 8.65. The summed E-state index contributed by atoms with van der Waals surface area (Å²) in [6.07, 6.45) is 12.8. The van der Waals surface area contributed by atoms with Crippen LogP contribution in [0.2, 0.25) is 0 Å². The maximum absolute atomic E-state index is 3.51. The Morgan fingerprint density at radius 2 is 1.74 bits per heavy atom. The van der Waals surface area contributed by atoms with Crippen molar-refractivity contribution in [3.8, 4) is 0 Å². The predicted molar refractivity (Wildman–Crippen MR) is 85.7 cm³/mol. The van der Waals surface area contributed by atoms with Gasteiger partial charge in [-0.1, -0.05) is 52.4 Å². The summed E-state index contributed by atoms with van der Waals surface area (Å²) in [7, 11) is 0. The van der Waals surface area contributed by atoms with E-state index in [-0.39, 0.29) is 0 Å². The van der Waals surface area contributed by atoms with Crippen molar-refractivity contribution >= 4 is 0 Å². The second-order valence-corrected chi connectivity index (χ2v) is 6.24. The molecule has 1 saturated heterocycles. The lowest BCUT2D eigenvalue weighted by molar-refractivity contribution is 0.170. The van der Waals surface area contributed by atoms with E-state index in [9.17, 15) is 0 Å². The fourth-order valence-electron chi connectivity index (χ4n) is 3.16. The zero-order valence-corrected chi connectivity index (χ0v) is 13.4. The molecule has 1 rings (SSSR count). The Bertz CT molecular complexity index is 194. The van der Waals surface area contributed by atoms with E-state index >= 15 is 0 Å². The molecular formula is C17H36N2. The molecule has 1 N–H and O–H groups in total. The van der Waals surface area contributed by atoms with Crippen molar-refractivity contribution < 1.29 is 0 Å². The van der Waals surface area contributed by atoms with Gasteiger partial charge in [-0.05, 0) is 51.4 Å². The van der Waals surface area contributed by atoms with Crippen LogP contribution in [0.25, 0.3) is 0 Å². The van der Waals surface area contributed by atoms with Gasteiger partial charge in [-0.3, -0.25) is 0 Å². The van der Waals surface area contributed by atoms with E-state index in [1.54, 1.807) is 0 Å². The molecule has 2 heteroatoms. The van der Waals surface area contributed by atoms with Gasteiger partial charge < -0.3 is 10.2 Å². The first-order chi connectivity index (χ1) is 9.36. The van der Waals surface area contributed by atoms with E-state index < -0.39 is 0 Å². The van der Waals surface area contributed by atoms with Crippen molar-refractivity contribution in [2.45, 2.75) is 71.6 Å². The monoisotopic (exact) mass is 268 g/mol. The van der Waals surface area contributed by atoms with Crippen LogP contribution in [-0.4, -0.2) is 37.6 Å². The van der Waals surface area contributed by atoms with Crippen LogP contribution in [0.3, 0.4) is 0 Å². The van der Waals surface area contributed by atoms with E-state index in [1.807, 2.05) is 0 Å². The van der Waals surface area contributed by atoms with Crippen molar-refractivity contribution in [3.63, 3.8) is 0 Å². The van der Waals surface area contributed by atoms with Gasteiger partial charge in [0.15, 0.2) is 0 Å². The maximum atomic E-state index is 3.51. The molecule has 0 aromatic rings. The fraction of sp³-hybridized carbons (Fsp3) is 1.00.